The van der Waals surface area contributed by atoms with Crippen LogP contribution in [0.15, 0.2) is 48.5 Å². The lowest BCUT2D eigenvalue weighted by atomic mass is 9.89. The van der Waals surface area contributed by atoms with E-state index in [0.29, 0.717) is 17.0 Å². The molecule has 1 aliphatic rings. The molecule has 0 N–H and O–H groups in total. The minimum Gasteiger partial charge on any atom is -0.465 e. The number of para-hydroxylation sites is 2. The number of methoxy groups -OCH3 is 1. The summed E-state index contributed by atoms with van der Waals surface area (Å²) in [5.74, 6) is -2.14. The number of carbonyl (C=O) groups is 2. The summed E-state index contributed by atoms with van der Waals surface area (Å²) in [7, 11) is 1.54. The maximum atomic E-state index is 13.6. The van der Waals surface area contributed by atoms with Crippen molar-refractivity contribution in [1.29, 1.82) is 0 Å². The Labute approximate surface area is 173 Å². The molecule has 0 saturated heterocycles. The van der Waals surface area contributed by atoms with Crippen molar-refractivity contribution in [3.05, 3.63) is 59.9 Å². The molecule has 1 aliphatic heterocycles. The lowest BCUT2D eigenvalue weighted by Crippen LogP contribution is -2.51. The SMILES string of the molecule is CCOC(=O)[C@@H]1C(=O)N(CCOC)c2nc3ccccc3n2[C@@H]1c1ccc(F)cc1. The van der Waals surface area contributed by atoms with Crippen molar-refractivity contribution in [2.45, 2.75) is 13.0 Å². The van der Waals surface area contributed by atoms with Crippen molar-refractivity contribution in [3.8, 4) is 0 Å². The van der Waals surface area contributed by atoms with Crippen LogP contribution in [0.5, 0.6) is 0 Å². The fraction of sp³-hybridized carbons (Fsp3) is 0.318. The van der Waals surface area contributed by atoms with Crippen LogP contribution < -0.4 is 4.90 Å². The zero-order valence-electron chi connectivity index (χ0n) is 16.7. The van der Waals surface area contributed by atoms with Gasteiger partial charge < -0.3 is 14.0 Å². The van der Waals surface area contributed by atoms with E-state index in [1.54, 1.807) is 26.2 Å². The normalized spacial score (nSPS) is 18.5. The third kappa shape index (κ3) is 3.33. The van der Waals surface area contributed by atoms with Crippen LogP contribution >= 0.6 is 0 Å². The average molecular weight is 411 g/mol. The van der Waals surface area contributed by atoms with Crippen LogP contribution in [0.4, 0.5) is 10.3 Å². The van der Waals surface area contributed by atoms with E-state index < -0.39 is 29.7 Å². The van der Waals surface area contributed by atoms with E-state index in [1.165, 1.54) is 17.0 Å². The Morgan fingerprint density at radius 3 is 2.60 bits per heavy atom. The van der Waals surface area contributed by atoms with E-state index in [9.17, 15) is 14.0 Å². The number of aromatic nitrogens is 2. The van der Waals surface area contributed by atoms with Gasteiger partial charge in [0.2, 0.25) is 11.9 Å². The summed E-state index contributed by atoms with van der Waals surface area (Å²) in [6.45, 7) is 2.36. The third-order valence-corrected chi connectivity index (χ3v) is 5.22. The van der Waals surface area contributed by atoms with Gasteiger partial charge in [-0.3, -0.25) is 14.5 Å². The van der Waals surface area contributed by atoms with Crippen molar-refractivity contribution < 1.29 is 23.5 Å². The van der Waals surface area contributed by atoms with Gasteiger partial charge >= 0.3 is 5.97 Å². The number of halogens is 1. The minimum atomic E-state index is -1.13. The lowest BCUT2D eigenvalue weighted by Gasteiger charge is -2.37. The van der Waals surface area contributed by atoms with Gasteiger partial charge in [0.15, 0.2) is 5.92 Å². The number of amides is 1. The van der Waals surface area contributed by atoms with E-state index >= 15 is 0 Å². The Hall–Kier alpha value is -3.26. The maximum absolute atomic E-state index is 13.6. The minimum absolute atomic E-state index is 0.147. The molecule has 4 rings (SSSR count). The van der Waals surface area contributed by atoms with Crippen molar-refractivity contribution >= 4 is 28.9 Å². The molecular formula is C22H22FN3O4. The van der Waals surface area contributed by atoms with Crippen LogP contribution in [0.25, 0.3) is 11.0 Å². The number of carbonyl (C=O) groups excluding carboxylic acids is 2. The first-order valence-corrected chi connectivity index (χ1v) is 9.76. The molecule has 156 valence electrons. The average Bonchev–Trinajstić information content (AvgIpc) is 3.12. The number of hydrogen-bond acceptors (Lipinski definition) is 5. The third-order valence-electron chi connectivity index (χ3n) is 5.22. The van der Waals surface area contributed by atoms with Gasteiger partial charge in [-0.2, -0.15) is 0 Å². The molecule has 0 saturated carbocycles. The molecule has 2 heterocycles. The van der Waals surface area contributed by atoms with Gasteiger partial charge in [0.25, 0.3) is 0 Å². The number of nitrogens with zero attached hydrogens (tertiary/aromatic N) is 3. The topological polar surface area (TPSA) is 73.7 Å². The monoisotopic (exact) mass is 411 g/mol. The molecule has 1 aromatic heterocycles. The number of fused-ring (bicyclic) bond motifs is 3. The van der Waals surface area contributed by atoms with Crippen molar-refractivity contribution in [2.24, 2.45) is 5.92 Å². The Bertz CT molecular complexity index is 1080. The predicted molar refractivity (Wildman–Crippen MR) is 109 cm³/mol. The van der Waals surface area contributed by atoms with Gasteiger partial charge in [0.1, 0.15) is 5.82 Å². The molecule has 0 aliphatic carbocycles. The number of hydrogen-bond donors (Lipinski definition) is 0. The van der Waals surface area contributed by atoms with Gasteiger partial charge in [-0.1, -0.05) is 24.3 Å². The highest BCUT2D eigenvalue weighted by atomic mass is 19.1. The number of anilines is 1. The smallest absolute Gasteiger partial charge is 0.321 e. The highest BCUT2D eigenvalue weighted by Crippen LogP contribution is 2.41. The molecule has 0 unspecified atom stereocenters. The molecule has 30 heavy (non-hydrogen) atoms. The van der Waals surface area contributed by atoms with Crippen molar-refractivity contribution in [2.75, 3.05) is 31.8 Å². The molecule has 2 aromatic carbocycles. The van der Waals surface area contributed by atoms with Gasteiger partial charge in [-0.05, 0) is 36.8 Å². The van der Waals surface area contributed by atoms with Crippen LogP contribution in [0.1, 0.15) is 18.5 Å². The highest BCUT2D eigenvalue weighted by Gasteiger charge is 2.47. The number of benzene rings is 2. The molecule has 0 bridgehead atoms. The van der Waals surface area contributed by atoms with Gasteiger partial charge in [-0.25, -0.2) is 9.37 Å². The van der Waals surface area contributed by atoms with E-state index in [1.807, 2.05) is 28.8 Å². The fourth-order valence-electron chi connectivity index (χ4n) is 3.90. The largest absolute Gasteiger partial charge is 0.465 e. The summed E-state index contributed by atoms with van der Waals surface area (Å²) in [5.41, 5.74) is 2.09. The fourth-order valence-corrected chi connectivity index (χ4v) is 3.90. The quantitative estimate of drug-likeness (QED) is 0.461. The second kappa shape index (κ2) is 8.23. The van der Waals surface area contributed by atoms with E-state index in [0.717, 1.165) is 5.52 Å². The molecule has 2 atom stereocenters. The van der Waals surface area contributed by atoms with E-state index in [-0.39, 0.29) is 19.8 Å². The lowest BCUT2D eigenvalue weighted by molar-refractivity contribution is -0.153. The summed E-state index contributed by atoms with van der Waals surface area (Å²) in [6.07, 6.45) is 0. The summed E-state index contributed by atoms with van der Waals surface area (Å²) in [6, 6.07) is 12.6. The first-order chi connectivity index (χ1) is 14.6. The summed E-state index contributed by atoms with van der Waals surface area (Å²) in [5, 5.41) is 0. The van der Waals surface area contributed by atoms with Crippen LogP contribution in [0, 0.1) is 11.7 Å². The Morgan fingerprint density at radius 2 is 1.90 bits per heavy atom. The number of ether oxygens (including phenoxy) is 2. The maximum Gasteiger partial charge on any atom is 0.321 e. The summed E-state index contributed by atoms with van der Waals surface area (Å²) < 4.78 is 25.9. The summed E-state index contributed by atoms with van der Waals surface area (Å²) in [4.78, 5) is 32.5. The van der Waals surface area contributed by atoms with E-state index in [4.69, 9.17) is 9.47 Å². The van der Waals surface area contributed by atoms with Crippen molar-refractivity contribution in [3.63, 3.8) is 0 Å². The molecule has 8 heteroatoms. The molecule has 0 radical (unpaired) electrons. The van der Waals surface area contributed by atoms with Crippen LogP contribution in [-0.4, -0.2) is 48.3 Å². The van der Waals surface area contributed by atoms with Crippen molar-refractivity contribution in [1.82, 2.24) is 9.55 Å². The number of rotatable bonds is 6. The molecule has 1 amide bonds. The molecular weight excluding hydrogens is 389 g/mol. The Morgan fingerprint density at radius 1 is 1.17 bits per heavy atom. The van der Waals surface area contributed by atoms with E-state index in [2.05, 4.69) is 4.98 Å². The van der Waals surface area contributed by atoms with Crippen LogP contribution in [0.3, 0.4) is 0 Å². The predicted octanol–water partition coefficient (Wildman–Crippen LogP) is 2.94. The van der Waals surface area contributed by atoms with Gasteiger partial charge in [-0.15, -0.1) is 0 Å². The standard InChI is InChI=1S/C22H22FN3O4/c1-3-30-21(28)18-19(14-8-10-15(23)11-9-14)26-17-7-5-4-6-16(17)24-22(26)25(20(18)27)12-13-29-2/h4-11,18-19H,3,12-13H2,1-2H3/t18-,19+/m0/s1. The highest BCUT2D eigenvalue weighted by molar-refractivity contribution is 6.08. The zero-order chi connectivity index (χ0) is 21.3. The van der Waals surface area contributed by atoms with Crippen LogP contribution in [-0.2, 0) is 19.1 Å². The molecule has 7 nitrogen and oxygen atoms in total. The molecule has 0 spiro atoms. The Kier molecular flexibility index (Phi) is 5.50. The first-order valence-electron chi connectivity index (χ1n) is 9.76. The second-order valence-corrected chi connectivity index (χ2v) is 6.98. The zero-order valence-corrected chi connectivity index (χ0v) is 16.7. The molecule has 0 fully saturated rings. The summed E-state index contributed by atoms with van der Waals surface area (Å²) >= 11 is 0. The van der Waals surface area contributed by atoms with Crippen LogP contribution in [0.2, 0.25) is 0 Å². The second-order valence-electron chi connectivity index (χ2n) is 6.98. The van der Waals surface area contributed by atoms with Gasteiger partial charge in [0.05, 0.1) is 36.8 Å². The van der Waals surface area contributed by atoms with Gasteiger partial charge in [0, 0.05) is 7.11 Å². The molecule has 3 aromatic rings. The Balaban J connectivity index is 1.97. The first kappa shape index (κ1) is 20.0. The number of imidazole rings is 1. The number of esters is 1.